The molecule has 3 atom stereocenters. The second-order valence-corrected chi connectivity index (χ2v) is 10.5. The topological polar surface area (TPSA) is 62.4 Å². The highest BCUT2D eigenvalue weighted by molar-refractivity contribution is 7.86. The number of aromatic nitrogens is 1. The molecule has 1 aliphatic heterocycles. The molecular weight excluding hydrogens is 408 g/mol. The maximum Gasteiger partial charge on any atom is 0.296 e. The van der Waals surface area contributed by atoms with Gasteiger partial charge >= 0.3 is 0 Å². The number of nitrogens with one attached hydrogen (secondary N) is 1. The number of H-pyrrole nitrogens is 1. The van der Waals surface area contributed by atoms with Gasteiger partial charge in [0.1, 0.15) is 0 Å². The summed E-state index contributed by atoms with van der Waals surface area (Å²) in [6, 6.07) is 13.7. The Bertz CT molecular complexity index is 1210. The van der Waals surface area contributed by atoms with Crippen LogP contribution in [0, 0.1) is 12.8 Å². The molecule has 3 aromatic rings. The van der Waals surface area contributed by atoms with Crippen molar-refractivity contribution in [1.29, 1.82) is 0 Å². The molecule has 1 aliphatic carbocycles. The van der Waals surface area contributed by atoms with Crippen LogP contribution in [0.25, 0.3) is 10.9 Å². The summed E-state index contributed by atoms with van der Waals surface area (Å²) in [5, 5.41) is 1.34. The average molecular weight is 437 g/mol. The van der Waals surface area contributed by atoms with Crippen molar-refractivity contribution >= 4 is 21.0 Å². The molecule has 1 unspecified atom stereocenters. The molecule has 1 fully saturated rings. The van der Waals surface area contributed by atoms with E-state index in [9.17, 15) is 8.42 Å². The molecule has 6 heteroatoms. The molecule has 162 valence electrons. The van der Waals surface area contributed by atoms with Gasteiger partial charge in [0.15, 0.2) is 0 Å². The van der Waals surface area contributed by atoms with E-state index >= 15 is 0 Å². The molecule has 5 rings (SSSR count). The molecule has 2 heterocycles. The average Bonchev–Trinajstić information content (AvgIpc) is 3.18. The van der Waals surface area contributed by atoms with Crippen LogP contribution in [0.4, 0.5) is 0 Å². The number of rotatable bonds is 6. The number of aromatic amines is 1. The molecule has 0 spiro atoms. The molecule has 5 nitrogen and oxygen atoms in total. The zero-order chi connectivity index (χ0) is 21.6. The second kappa shape index (κ2) is 7.93. The number of piperidine rings is 1. The van der Waals surface area contributed by atoms with Crippen molar-refractivity contribution in [2.75, 3.05) is 19.7 Å². The van der Waals surface area contributed by atoms with Crippen LogP contribution in [-0.4, -0.2) is 44.0 Å². The largest absolute Gasteiger partial charge is 0.361 e. The lowest BCUT2D eigenvalue weighted by Crippen LogP contribution is -2.50. The van der Waals surface area contributed by atoms with E-state index < -0.39 is 10.1 Å². The van der Waals surface area contributed by atoms with Crippen molar-refractivity contribution < 1.29 is 12.6 Å². The van der Waals surface area contributed by atoms with Gasteiger partial charge in [-0.1, -0.05) is 35.9 Å². The van der Waals surface area contributed by atoms with Gasteiger partial charge in [-0.25, -0.2) is 0 Å². The summed E-state index contributed by atoms with van der Waals surface area (Å²) in [6.07, 6.45) is 6.01. The van der Waals surface area contributed by atoms with Gasteiger partial charge in [0.05, 0.1) is 11.5 Å². The van der Waals surface area contributed by atoms with Crippen molar-refractivity contribution in [3.05, 3.63) is 78.0 Å². The number of nitrogens with zero attached hydrogens (tertiary/aromatic N) is 1. The van der Waals surface area contributed by atoms with Crippen LogP contribution in [0.3, 0.4) is 0 Å². The lowest BCUT2D eigenvalue weighted by atomic mass is 9.72. The summed E-state index contributed by atoms with van der Waals surface area (Å²) < 4.78 is 30.9. The van der Waals surface area contributed by atoms with Gasteiger partial charge in [-0.15, -0.1) is 6.58 Å². The van der Waals surface area contributed by atoms with Gasteiger partial charge in [-0.2, -0.15) is 8.42 Å². The predicted octanol–water partition coefficient (Wildman–Crippen LogP) is 4.40. The van der Waals surface area contributed by atoms with Gasteiger partial charge in [0.25, 0.3) is 10.1 Å². The Hall–Kier alpha value is -2.41. The summed E-state index contributed by atoms with van der Waals surface area (Å²) in [5.74, 6) is 0.494. The number of aryl methyl sites for hydroxylation is 1. The van der Waals surface area contributed by atoms with Crippen LogP contribution >= 0.6 is 0 Å². The molecule has 0 amide bonds. The lowest BCUT2D eigenvalue weighted by Gasteiger charge is -2.46. The Morgan fingerprint density at radius 2 is 2.03 bits per heavy atom. The van der Waals surface area contributed by atoms with Crippen molar-refractivity contribution in [3.63, 3.8) is 0 Å². The first-order chi connectivity index (χ1) is 15.0. The minimum absolute atomic E-state index is 0.136. The maximum absolute atomic E-state index is 12.7. The quantitative estimate of drug-likeness (QED) is 0.460. The van der Waals surface area contributed by atoms with E-state index in [1.807, 2.05) is 13.0 Å². The van der Waals surface area contributed by atoms with Crippen LogP contribution in [0.5, 0.6) is 0 Å². The fourth-order valence-corrected chi connectivity index (χ4v) is 6.33. The molecule has 2 aromatic carbocycles. The third-order valence-electron chi connectivity index (χ3n) is 6.79. The fraction of sp³-hybridized carbons (Fsp3) is 0.360. The van der Waals surface area contributed by atoms with Crippen molar-refractivity contribution in [2.24, 2.45) is 5.92 Å². The Balaban J connectivity index is 1.39. The summed E-state index contributed by atoms with van der Waals surface area (Å²) in [4.78, 5) is 6.08. The van der Waals surface area contributed by atoms with Gasteiger partial charge in [0.2, 0.25) is 0 Å². The smallest absolute Gasteiger partial charge is 0.296 e. The van der Waals surface area contributed by atoms with E-state index in [1.165, 1.54) is 22.0 Å². The maximum atomic E-state index is 12.7. The summed E-state index contributed by atoms with van der Waals surface area (Å²) in [7, 11) is -3.76. The van der Waals surface area contributed by atoms with E-state index in [4.69, 9.17) is 4.18 Å². The zero-order valence-corrected chi connectivity index (χ0v) is 18.6. The summed E-state index contributed by atoms with van der Waals surface area (Å²) >= 11 is 0. The number of benzene rings is 2. The van der Waals surface area contributed by atoms with Crippen LogP contribution in [-0.2, 0) is 20.7 Å². The standard InChI is InChI=1S/C25H28N2O3S/c1-3-11-27-15-18(16-30-31(28,29)20-9-7-17(2)8-10-20)12-22-21-5-4-6-23-25(21)19(14-26-23)13-24(22)27/h3-10,14,18,22,24,26H,1,11-13,15-16H2,2H3/t18?,22-,24-/m1/s1. The van der Waals surface area contributed by atoms with Gasteiger partial charge < -0.3 is 4.98 Å². The molecule has 1 saturated heterocycles. The number of hydrogen-bond acceptors (Lipinski definition) is 4. The summed E-state index contributed by atoms with van der Waals surface area (Å²) in [5.41, 5.74) is 4.94. The molecule has 0 saturated carbocycles. The monoisotopic (exact) mass is 436 g/mol. The lowest BCUT2D eigenvalue weighted by molar-refractivity contribution is 0.0734. The molecule has 1 aromatic heterocycles. The van der Waals surface area contributed by atoms with Gasteiger partial charge in [0, 0.05) is 42.1 Å². The highest BCUT2D eigenvalue weighted by atomic mass is 32.2. The first-order valence-corrected chi connectivity index (χ1v) is 12.3. The Morgan fingerprint density at radius 1 is 1.23 bits per heavy atom. The SMILES string of the molecule is C=CCN1CC(COS(=O)(=O)c2ccc(C)cc2)C[C@@H]2c3cccc4[nH]cc(c34)C[C@H]21. The van der Waals surface area contributed by atoms with Crippen LogP contribution in [0.1, 0.15) is 29.0 Å². The van der Waals surface area contributed by atoms with E-state index in [1.54, 1.807) is 24.3 Å². The van der Waals surface area contributed by atoms with Crippen molar-refractivity contribution in [3.8, 4) is 0 Å². The Kier molecular flexibility index (Phi) is 5.24. The van der Waals surface area contributed by atoms with Crippen molar-refractivity contribution in [1.82, 2.24) is 9.88 Å². The Labute approximate surface area is 183 Å². The number of fused-ring (bicyclic) bond motifs is 2. The minimum atomic E-state index is -3.76. The van der Waals surface area contributed by atoms with E-state index in [0.29, 0.717) is 12.0 Å². The van der Waals surface area contributed by atoms with E-state index in [-0.39, 0.29) is 17.4 Å². The van der Waals surface area contributed by atoms with Crippen LogP contribution in [0.2, 0.25) is 0 Å². The number of likely N-dealkylation sites (tertiary alicyclic amines) is 1. The van der Waals surface area contributed by atoms with Crippen molar-refractivity contribution in [2.45, 2.75) is 36.6 Å². The zero-order valence-electron chi connectivity index (χ0n) is 17.8. The number of hydrogen-bond donors (Lipinski definition) is 1. The fourth-order valence-electron chi connectivity index (χ4n) is 5.35. The predicted molar refractivity (Wildman–Crippen MR) is 123 cm³/mol. The molecule has 1 N–H and O–H groups in total. The third kappa shape index (κ3) is 3.73. The Morgan fingerprint density at radius 3 is 2.81 bits per heavy atom. The highest BCUT2D eigenvalue weighted by Gasteiger charge is 2.40. The first-order valence-electron chi connectivity index (χ1n) is 10.9. The normalized spacial score (nSPS) is 23.6. The molecule has 0 bridgehead atoms. The first kappa shape index (κ1) is 20.5. The van der Waals surface area contributed by atoms with Gasteiger partial charge in [-0.3, -0.25) is 9.08 Å². The van der Waals surface area contributed by atoms with Crippen LogP contribution in [0.15, 0.2) is 66.2 Å². The third-order valence-corrected chi connectivity index (χ3v) is 8.09. The summed E-state index contributed by atoms with van der Waals surface area (Å²) in [6.45, 7) is 7.68. The molecular formula is C25H28N2O3S. The molecule has 31 heavy (non-hydrogen) atoms. The molecule has 2 aliphatic rings. The minimum Gasteiger partial charge on any atom is -0.361 e. The van der Waals surface area contributed by atoms with E-state index in [0.717, 1.165) is 31.5 Å². The molecule has 0 radical (unpaired) electrons. The van der Waals surface area contributed by atoms with Crippen LogP contribution < -0.4 is 0 Å². The second-order valence-electron chi connectivity index (χ2n) is 8.86. The van der Waals surface area contributed by atoms with Gasteiger partial charge in [-0.05, 0) is 55.0 Å². The van der Waals surface area contributed by atoms with E-state index in [2.05, 4.69) is 40.9 Å². The highest BCUT2D eigenvalue weighted by Crippen LogP contribution is 2.44.